The first-order chi connectivity index (χ1) is 11.2. The normalized spacial score (nSPS) is 12.0. The van der Waals surface area contributed by atoms with Crippen LogP contribution in [0, 0.1) is 5.92 Å². The summed E-state index contributed by atoms with van der Waals surface area (Å²) in [6, 6.07) is 7.44. The van der Waals surface area contributed by atoms with E-state index in [1.165, 1.54) is 16.7 Å². The molecule has 1 aromatic heterocycles. The first kappa shape index (κ1) is 19.0. The number of carbonyl (C=O) groups excluding carboxylic acids is 1. The minimum Gasteiger partial charge on any atom is -0.369 e. The van der Waals surface area contributed by atoms with Crippen molar-refractivity contribution in [1.29, 1.82) is 0 Å². The second kappa shape index (κ2) is 7.73. The molecule has 0 radical (unpaired) electrons. The van der Waals surface area contributed by atoms with Crippen molar-refractivity contribution in [2.24, 2.45) is 11.7 Å². The predicted molar refractivity (Wildman–Crippen MR) is 98.0 cm³/mol. The molecule has 2 rings (SSSR count). The minimum absolute atomic E-state index is 0.0590. The SMILES string of the molecule is CC(C)CN(CC(N)=O)S(=O)(=O)c1csc(-c2ccc(Br)cc2)n1. The smallest absolute Gasteiger partial charge is 0.261 e. The van der Waals surface area contributed by atoms with Crippen LogP contribution in [-0.2, 0) is 14.8 Å². The average Bonchev–Trinajstić information content (AvgIpc) is 2.97. The van der Waals surface area contributed by atoms with Gasteiger partial charge >= 0.3 is 0 Å². The Morgan fingerprint density at radius 3 is 2.50 bits per heavy atom. The van der Waals surface area contributed by atoms with Gasteiger partial charge in [-0.15, -0.1) is 11.3 Å². The van der Waals surface area contributed by atoms with Gasteiger partial charge in [0.25, 0.3) is 10.0 Å². The summed E-state index contributed by atoms with van der Waals surface area (Å²) in [5.41, 5.74) is 6.02. The van der Waals surface area contributed by atoms with Crippen LogP contribution in [0.3, 0.4) is 0 Å². The Morgan fingerprint density at radius 2 is 1.96 bits per heavy atom. The first-order valence-corrected chi connectivity index (χ1v) is 10.3. The predicted octanol–water partition coefficient (Wildman–Crippen LogP) is 2.70. The monoisotopic (exact) mass is 431 g/mol. The molecule has 0 saturated heterocycles. The summed E-state index contributed by atoms with van der Waals surface area (Å²) in [6.45, 7) is 3.59. The maximum absolute atomic E-state index is 12.8. The molecule has 0 bridgehead atoms. The fourth-order valence-corrected chi connectivity index (χ4v) is 4.97. The van der Waals surface area contributed by atoms with Crippen LogP contribution >= 0.6 is 27.3 Å². The summed E-state index contributed by atoms with van der Waals surface area (Å²) in [4.78, 5) is 15.5. The highest BCUT2D eigenvalue weighted by atomic mass is 79.9. The highest BCUT2D eigenvalue weighted by Crippen LogP contribution is 2.28. The third-order valence-corrected chi connectivity index (χ3v) is 6.34. The van der Waals surface area contributed by atoms with E-state index in [9.17, 15) is 13.2 Å². The van der Waals surface area contributed by atoms with Crippen molar-refractivity contribution in [2.45, 2.75) is 18.9 Å². The van der Waals surface area contributed by atoms with Gasteiger partial charge in [0.15, 0.2) is 5.03 Å². The number of rotatable bonds is 7. The Kier molecular flexibility index (Phi) is 6.13. The number of benzene rings is 1. The summed E-state index contributed by atoms with van der Waals surface area (Å²) >= 11 is 4.60. The van der Waals surface area contributed by atoms with Crippen molar-refractivity contribution in [3.8, 4) is 10.6 Å². The van der Waals surface area contributed by atoms with Crippen LogP contribution in [0.5, 0.6) is 0 Å². The molecule has 1 amide bonds. The Hall–Kier alpha value is -1.29. The number of aromatic nitrogens is 1. The zero-order chi connectivity index (χ0) is 17.9. The molecule has 0 spiro atoms. The fourth-order valence-electron chi connectivity index (χ4n) is 2.06. The fraction of sp³-hybridized carbons (Fsp3) is 0.333. The van der Waals surface area contributed by atoms with E-state index in [1.54, 1.807) is 0 Å². The van der Waals surface area contributed by atoms with Gasteiger partial charge in [-0.1, -0.05) is 41.9 Å². The molecule has 0 atom stereocenters. The Bertz CT molecular complexity index is 817. The lowest BCUT2D eigenvalue weighted by Gasteiger charge is -2.21. The van der Waals surface area contributed by atoms with E-state index in [0.29, 0.717) is 5.01 Å². The van der Waals surface area contributed by atoms with Crippen LogP contribution in [0.2, 0.25) is 0 Å². The van der Waals surface area contributed by atoms with Gasteiger partial charge in [-0.3, -0.25) is 4.79 Å². The van der Waals surface area contributed by atoms with E-state index in [0.717, 1.165) is 14.3 Å². The molecular weight excluding hydrogens is 414 g/mol. The molecule has 1 heterocycles. The maximum Gasteiger partial charge on any atom is 0.261 e. The number of hydrogen-bond acceptors (Lipinski definition) is 5. The maximum atomic E-state index is 12.8. The molecular formula is C15H18BrN3O3S2. The van der Waals surface area contributed by atoms with E-state index in [-0.39, 0.29) is 24.0 Å². The standard InChI is InChI=1S/C15H18BrN3O3S2/c1-10(2)7-19(8-13(17)20)24(21,22)14-9-23-15(18-14)11-3-5-12(16)6-4-11/h3-6,9-10H,7-8H2,1-2H3,(H2,17,20). The van der Waals surface area contributed by atoms with Gasteiger partial charge in [-0.05, 0) is 18.1 Å². The van der Waals surface area contributed by atoms with Gasteiger partial charge in [0, 0.05) is 22.0 Å². The van der Waals surface area contributed by atoms with Gasteiger partial charge in [0.1, 0.15) is 5.01 Å². The summed E-state index contributed by atoms with van der Waals surface area (Å²) in [5.74, 6) is -0.633. The highest BCUT2D eigenvalue weighted by molar-refractivity contribution is 9.10. The Balaban J connectivity index is 2.34. The summed E-state index contributed by atoms with van der Waals surface area (Å²) in [6.07, 6.45) is 0. The number of primary amides is 1. The van der Waals surface area contributed by atoms with E-state index < -0.39 is 15.9 Å². The van der Waals surface area contributed by atoms with Crippen molar-refractivity contribution in [1.82, 2.24) is 9.29 Å². The van der Waals surface area contributed by atoms with Crippen molar-refractivity contribution < 1.29 is 13.2 Å². The minimum atomic E-state index is -3.86. The van der Waals surface area contributed by atoms with Crippen molar-refractivity contribution >= 4 is 43.2 Å². The van der Waals surface area contributed by atoms with Gasteiger partial charge in [-0.2, -0.15) is 4.31 Å². The molecule has 6 nitrogen and oxygen atoms in total. The number of thiazole rings is 1. The number of amides is 1. The quantitative estimate of drug-likeness (QED) is 0.728. The first-order valence-electron chi connectivity index (χ1n) is 7.20. The van der Waals surface area contributed by atoms with Crippen LogP contribution in [-0.4, -0.2) is 36.7 Å². The van der Waals surface area contributed by atoms with Crippen molar-refractivity contribution in [3.63, 3.8) is 0 Å². The lowest BCUT2D eigenvalue weighted by atomic mass is 10.2. The second-order valence-corrected chi connectivity index (χ2v) is 9.31. The molecule has 1 aromatic carbocycles. The molecule has 2 N–H and O–H groups in total. The van der Waals surface area contributed by atoms with E-state index in [4.69, 9.17) is 5.73 Å². The largest absolute Gasteiger partial charge is 0.369 e. The molecule has 24 heavy (non-hydrogen) atoms. The molecule has 0 unspecified atom stereocenters. The molecule has 0 saturated carbocycles. The topological polar surface area (TPSA) is 93.4 Å². The number of nitrogens with two attached hydrogens (primary N) is 1. The lowest BCUT2D eigenvalue weighted by molar-refractivity contribution is -0.118. The van der Waals surface area contributed by atoms with Crippen LogP contribution in [0.4, 0.5) is 0 Å². The third-order valence-electron chi connectivity index (χ3n) is 3.08. The van der Waals surface area contributed by atoms with Gasteiger partial charge < -0.3 is 5.73 Å². The molecule has 2 aromatic rings. The Labute approximate surface area is 153 Å². The molecule has 130 valence electrons. The third kappa shape index (κ3) is 4.62. The lowest BCUT2D eigenvalue weighted by Crippen LogP contribution is -2.40. The van der Waals surface area contributed by atoms with E-state index >= 15 is 0 Å². The molecule has 0 aliphatic rings. The Morgan fingerprint density at radius 1 is 1.33 bits per heavy atom. The number of hydrogen-bond donors (Lipinski definition) is 1. The van der Waals surface area contributed by atoms with Crippen LogP contribution in [0.1, 0.15) is 13.8 Å². The second-order valence-electron chi connectivity index (χ2n) is 5.66. The van der Waals surface area contributed by atoms with E-state index in [2.05, 4.69) is 20.9 Å². The molecule has 0 aliphatic carbocycles. The van der Waals surface area contributed by atoms with Crippen LogP contribution < -0.4 is 5.73 Å². The van der Waals surface area contributed by atoms with Gasteiger partial charge in [0.2, 0.25) is 5.91 Å². The zero-order valence-corrected chi connectivity index (χ0v) is 16.5. The molecule has 0 fully saturated rings. The van der Waals surface area contributed by atoms with Crippen molar-refractivity contribution in [3.05, 3.63) is 34.1 Å². The van der Waals surface area contributed by atoms with E-state index in [1.807, 2.05) is 38.1 Å². The summed E-state index contributed by atoms with van der Waals surface area (Å²) in [7, 11) is -3.86. The molecule has 9 heteroatoms. The highest BCUT2D eigenvalue weighted by Gasteiger charge is 2.29. The van der Waals surface area contributed by atoms with Crippen LogP contribution in [0.15, 0.2) is 39.1 Å². The van der Waals surface area contributed by atoms with Gasteiger partial charge in [0.05, 0.1) is 6.54 Å². The zero-order valence-electron chi connectivity index (χ0n) is 13.3. The van der Waals surface area contributed by atoms with Crippen LogP contribution in [0.25, 0.3) is 10.6 Å². The summed E-state index contributed by atoms with van der Waals surface area (Å²) < 4.78 is 27.5. The number of sulfonamides is 1. The number of nitrogens with zero attached hydrogens (tertiary/aromatic N) is 2. The van der Waals surface area contributed by atoms with Gasteiger partial charge in [-0.25, -0.2) is 13.4 Å². The number of halogens is 1. The molecule has 0 aliphatic heterocycles. The number of carbonyl (C=O) groups is 1. The summed E-state index contributed by atoms with van der Waals surface area (Å²) in [5, 5.41) is 2.03. The van der Waals surface area contributed by atoms with Crippen molar-refractivity contribution in [2.75, 3.05) is 13.1 Å². The average molecular weight is 432 g/mol.